The molecule has 2 heterocycles. The summed E-state index contributed by atoms with van der Waals surface area (Å²) < 4.78 is 11.1. The van der Waals surface area contributed by atoms with E-state index in [1.165, 1.54) is 29.2 Å². The van der Waals surface area contributed by atoms with E-state index in [4.69, 9.17) is 4.74 Å². The fourth-order valence-corrected chi connectivity index (χ4v) is 3.52. The highest BCUT2D eigenvalue weighted by Gasteiger charge is 2.29. The Morgan fingerprint density at radius 2 is 1.75 bits per heavy atom. The zero-order chi connectivity index (χ0) is 15.8. The van der Waals surface area contributed by atoms with Crippen LogP contribution in [0.3, 0.4) is 0 Å². The standard InChI is InChI=1S/C19H18BrN2O.BrH/c1-23-17-10-8-16(9-11-17)22-13-18(21-12-2-3-19(21)22)14-4-6-15(20)7-5-14;/h4-11,13H,2-3,12H2,1H3;1H/q+1;/p-1. The molecule has 0 fully saturated rings. The van der Waals surface area contributed by atoms with Crippen LogP contribution in [0.25, 0.3) is 16.9 Å². The topological polar surface area (TPSA) is 18.0 Å². The molecule has 2 aromatic carbocycles. The lowest BCUT2D eigenvalue weighted by atomic mass is 10.1. The molecule has 0 radical (unpaired) electrons. The summed E-state index contributed by atoms with van der Waals surface area (Å²) in [6.45, 7) is 1.09. The first-order chi connectivity index (χ1) is 11.3. The summed E-state index contributed by atoms with van der Waals surface area (Å²) in [5.74, 6) is 2.26. The zero-order valence-corrected chi connectivity index (χ0v) is 16.5. The van der Waals surface area contributed by atoms with Gasteiger partial charge in [-0.15, -0.1) is 0 Å². The fourth-order valence-electron chi connectivity index (χ4n) is 3.25. The quantitative estimate of drug-likeness (QED) is 0.548. The lowest BCUT2D eigenvalue weighted by Crippen LogP contribution is -3.00. The van der Waals surface area contributed by atoms with Crippen molar-refractivity contribution in [1.29, 1.82) is 0 Å². The Bertz CT molecular complexity index is 839. The monoisotopic (exact) mass is 448 g/mol. The van der Waals surface area contributed by atoms with Gasteiger partial charge >= 0.3 is 0 Å². The molecule has 24 heavy (non-hydrogen) atoms. The summed E-state index contributed by atoms with van der Waals surface area (Å²) in [5.41, 5.74) is 3.71. The summed E-state index contributed by atoms with van der Waals surface area (Å²) in [5, 5.41) is 0. The van der Waals surface area contributed by atoms with E-state index in [0.717, 1.165) is 23.2 Å². The molecule has 0 atom stereocenters. The lowest BCUT2D eigenvalue weighted by molar-refractivity contribution is -0.679. The van der Waals surface area contributed by atoms with E-state index < -0.39 is 0 Å². The van der Waals surface area contributed by atoms with Crippen molar-refractivity contribution in [2.45, 2.75) is 19.4 Å². The number of rotatable bonds is 3. The lowest BCUT2D eigenvalue weighted by Gasteiger charge is -2.01. The van der Waals surface area contributed by atoms with Crippen molar-refractivity contribution in [2.75, 3.05) is 7.11 Å². The van der Waals surface area contributed by atoms with Gasteiger partial charge in [0.15, 0.2) is 5.69 Å². The number of fused-ring (bicyclic) bond motifs is 1. The van der Waals surface area contributed by atoms with Crippen molar-refractivity contribution < 1.29 is 26.3 Å². The molecule has 1 aromatic heterocycles. The average Bonchev–Trinajstić information content (AvgIpc) is 3.18. The molecule has 1 aliphatic rings. The van der Waals surface area contributed by atoms with Gasteiger partial charge in [-0.05, 0) is 55.0 Å². The molecule has 0 saturated heterocycles. The first-order valence-electron chi connectivity index (χ1n) is 7.81. The zero-order valence-electron chi connectivity index (χ0n) is 13.4. The molecule has 0 aliphatic carbocycles. The second-order valence-electron chi connectivity index (χ2n) is 5.76. The SMILES string of the molecule is COc1ccc(-n2cc(-c3ccc(Br)cc3)[n+]3c2CCC3)cc1.[Br-]. The Morgan fingerprint density at radius 3 is 2.42 bits per heavy atom. The van der Waals surface area contributed by atoms with Gasteiger partial charge < -0.3 is 21.7 Å². The Hall–Kier alpha value is -1.59. The number of methoxy groups -OCH3 is 1. The van der Waals surface area contributed by atoms with Crippen LogP contribution in [-0.2, 0) is 13.0 Å². The van der Waals surface area contributed by atoms with Crippen LogP contribution in [0.2, 0.25) is 0 Å². The fraction of sp³-hybridized carbons (Fsp3) is 0.211. The number of nitrogens with zero attached hydrogens (tertiary/aromatic N) is 2. The van der Waals surface area contributed by atoms with Crippen LogP contribution in [0.4, 0.5) is 0 Å². The van der Waals surface area contributed by atoms with Crippen molar-refractivity contribution in [3.05, 3.63) is 65.0 Å². The predicted octanol–water partition coefficient (Wildman–Crippen LogP) is 1.15. The van der Waals surface area contributed by atoms with E-state index >= 15 is 0 Å². The second-order valence-corrected chi connectivity index (χ2v) is 6.68. The Kier molecular flexibility index (Phi) is 5.11. The van der Waals surface area contributed by atoms with Crippen LogP contribution in [-0.4, -0.2) is 11.7 Å². The van der Waals surface area contributed by atoms with Gasteiger partial charge in [-0.2, -0.15) is 4.57 Å². The van der Waals surface area contributed by atoms with Gasteiger partial charge in [0.05, 0.1) is 20.1 Å². The minimum Gasteiger partial charge on any atom is -1.00 e. The number of ether oxygens (including phenoxy) is 1. The molecule has 1 aliphatic heterocycles. The third-order valence-corrected chi connectivity index (χ3v) is 4.93. The molecule has 0 amide bonds. The number of benzene rings is 2. The smallest absolute Gasteiger partial charge is 0.262 e. The molecule has 3 nitrogen and oxygen atoms in total. The maximum absolute atomic E-state index is 5.26. The van der Waals surface area contributed by atoms with Gasteiger partial charge in [-0.3, -0.25) is 0 Å². The Balaban J connectivity index is 0.00000169. The third kappa shape index (κ3) is 3.03. The first kappa shape index (κ1) is 17.2. The minimum absolute atomic E-state index is 0. The number of halogens is 2. The molecule has 0 saturated carbocycles. The van der Waals surface area contributed by atoms with Crippen molar-refractivity contribution in [3.8, 4) is 22.7 Å². The normalized spacial score (nSPS) is 12.6. The molecule has 3 aromatic rings. The Morgan fingerprint density at radius 1 is 1.04 bits per heavy atom. The first-order valence-corrected chi connectivity index (χ1v) is 8.60. The van der Waals surface area contributed by atoms with E-state index in [-0.39, 0.29) is 17.0 Å². The number of imidazole rings is 1. The van der Waals surface area contributed by atoms with E-state index in [2.05, 4.69) is 67.7 Å². The summed E-state index contributed by atoms with van der Waals surface area (Å²) in [4.78, 5) is 0. The van der Waals surface area contributed by atoms with Gasteiger partial charge in [0.25, 0.3) is 5.82 Å². The number of hydrogen-bond donors (Lipinski definition) is 0. The van der Waals surface area contributed by atoms with E-state index in [1.54, 1.807) is 7.11 Å². The van der Waals surface area contributed by atoms with Crippen LogP contribution in [0, 0.1) is 0 Å². The van der Waals surface area contributed by atoms with Crippen LogP contribution >= 0.6 is 15.9 Å². The summed E-state index contributed by atoms with van der Waals surface area (Å²) in [6, 6.07) is 16.8. The molecule has 5 heteroatoms. The highest BCUT2D eigenvalue weighted by atomic mass is 79.9. The Labute approximate surface area is 160 Å². The average molecular weight is 450 g/mol. The second kappa shape index (κ2) is 7.11. The molecule has 124 valence electrons. The van der Waals surface area contributed by atoms with Crippen molar-refractivity contribution in [1.82, 2.24) is 4.57 Å². The maximum Gasteiger partial charge on any atom is 0.262 e. The molecule has 0 N–H and O–H groups in total. The molecule has 4 rings (SSSR count). The summed E-state index contributed by atoms with van der Waals surface area (Å²) >= 11 is 3.51. The van der Waals surface area contributed by atoms with Gasteiger partial charge in [-0.1, -0.05) is 15.9 Å². The maximum atomic E-state index is 5.26. The van der Waals surface area contributed by atoms with E-state index in [0.29, 0.717) is 0 Å². The van der Waals surface area contributed by atoms with Crippen molar-refractivity contribution in [3.63, 3.8) is 0 Å². The van der Waals surface area contributed by atoms with Gasteiger partial charge in [0.2, 0.25) is 0 Å². The van der Waals surface area contributed by atoms with Crippen LogP contribution in [0.5, 0.6) is 5.75 Å². The van der Waals surface area contributed by atoms with E-state index in [1.807, 2.05) is 12.1 Å². The molecule has 0 unspecified atom stereocenters. The predicted molar refractivity (Wildman–Crippen MR) is 94.0 cm³/mol. The molecular formula is C19H18Br2N2O. The van der Waals surface area contributed by atoms with Crippen LogP contribution in [0.1, 0.15) is 12.2 Å². The number of aromatic nitrogens is 2. The minimum atomic E-state index is 0. The molecular weight excluding hydrogens is 432 g/mol. The van der Waals surface area contributed by atoms with Crippen molar-refractivity contribution >= 4 is 15.9 Å². The van der Waals surface area contributed by atoms with Gasteiger partial charge in [0, 0.05) is 10.0 Å². The highest BCUT2D eigenvalue weighted by molar-refractivity contribution is 9.10. The van der Waals surface area contributed by atoms with Crippen molar-refractivity contribution in [2.24, 2.45) is 0 Å². The number of hydrogen-bond acceptors (Lipinski definition) is 1. The third-order valence-electron chi connectivity index (χ3n) is 4.40. The summed E-state index contributed by atoms with van der Waals surface area (Å²) in [6.07, 6.45) is 4.57. The van der Waals surface area contributed by atoms with E-state index in [9.17, 15) is 0 Å². The molecule has 0 bridgehead atoms. The molecule has 0 spiro atoms. The highest BCUT2D eigenvalue weighted by Crippen LogP contribution is 2.26. The van der Waals surface area contributed by atoms with Crippen LogP contribution < -0.4 is 26.3 Å². The van der Waals surface area contributed by atoms with Gasteiger partial charge in [0.1, 0.15) is 17.6 Å². The largest absolute Gasteiger partial charge is 1.00 e. The van der Waals surface area contributed by atoms with Gasteiger partial charge in [-0.25, -0.2) is 4.57 Å². The van der Waals surface area contributed by atoms with Crippen LogP contribution in [0.15, 0.2) is 59.2 Å². The summed E-state index contributed by atoms with van der Waals surface area (Å²) in [7, 11) is 1.70.